The van der Waals surface area contributed by atoms with Crippen molar-refractivity contribution >= 4 is 37.5 Å². The van der Waals surface area contributed by atoms with Crippen LogP contribution in [0.2, 0.25) is 0 Å². The quantitative estimate of drug-likeness (QED) is 0.414. The number of halogens is 1. The van der Waals surface area contributed by atoms with Crippen molar-refractivity contribution in [3.63, 3.8) is 0 Å². The van der Waals surface area contributed by atoms with Crippen LogP contribution in [-0.4, -0.2) is 15.5 Å². The molecule has 6 nitrogen and oxygen atoms in total. The molecule has 0 aliphatic rings. The molecule has 0 unspecified atom stereocenters. The van der Waals surface area contributed by atoms with Crippen LogP contribution in [0.4, 0.5) is 4.39 Å². The minimum atomic E-state index is -0.513. The molecule has 1 aromatic carbocycles. The zero-order valence-corrected chi connectivity index (χ0v) is 10.9. The lowest BCUT2D eigenvalue weighted by Crippen LogP contribution is -2.36. The lowest BCUT2D eigenvalue weighted by Gasteiger charge is -2.03. The molecule has 0 aliphatic carbocycles. The molecule has 3 rings (SSSR count). The van der Waals surface area contributed by atoms with Crippen molar-refractivity contribution in [2.45, 2.75) is 6.54 Å². The summed E-state index contributed by atoms with van der Waals surface area (Å²) in [7, 11) is 0. The molecule has 3 aromatic rings. The normalized spacial score (nSPS) is 11.1. The molecule has 8 heteroatoms. The average Bonchev–Trinajstić information content (AvgIpc) is 2.82. The smallest absolute Gasteiger partial charge is 0.271 e. The molecule has 0 fully saturated rings. The molecule has 0 bridgehead atoms. The van der Waals surface area contributed by atoms with Crippen LogP contribution >= 0.6 is 11.3 Å². The highest BCUT2D eigenvalue weighted by molar-refractivity contribution is 7.25. The van der Waals surface area contributed by atoms with Gasteiger partial charge in [-0.3, -0.25) is 19.6 Å². The number of benzene rings is 1. The first-order chi connectivity index (χ1) is 9.61. The first kappa shape index (κ1) is 12.7. The van der Waals surface area contributed by atoms with Crippen LogP contribution in [0.1, 0.15) is 0 Å². The third-order valence-corrected chi connectivity index (χ3v) is 4.03. The van der Waals surface area contributed by atoms with Crippen LogP contribution in [0.5, 0.6) is 0 Å². The first-order valence-electron chi connectivity index (χ1n) is 5.67. The number of hydrogen-bond acceptors (Lipinski definition) is 5. The summed E-state index contributed by atoms with van der Waals surface area (Å²) in [5.74, 6) is 4.05. The molecule has 0 saturated carbocycles. The Hall–Kier alpha value is -2.32. The van der Waals surface area contributed by atoms with Gasteiger partial charge in [-0.25, -0.2) is 15.2 Å². The highest BCUT2D eigenvalue weighted by Gasteiger charge is 2.15. The number of nitrogens with two attached hydrogens (primary N) is 1. The van der Waals surface area contributed by atoms with Gasteiger partial charge in [0.1, 0.15) is 17.1 Å². The van der Waals surface area contributed by atoms with Crippen molar-refractivity contribution in [3.05, 3.63) is 40.7 Å². The Labute approximate surface area is 115 Å². The van der Waals surface area contributed by atoms with Crippen LogP contribution in [-0.2, 0) is 11.3 Å². The maximum Gasteiger partial charge on any atom is 0.271 e. The second kappa shape index (κ2) is 4.66. The number of hydrazine groups is 1. The van der Waals surface area contributed by atoms with E-state index in [0.29, 0.717) is 20.3 Å². The van der Waals surface area contributed by atoms with Crippen LogP contribution in [0.3, 0.4) is 0 Å². The molecule has 102 valence electrons. The van der Waals surface area contributed by atoms with Crippen molar-refractivity contribution in [3.8, 4) is 0 Å². The zero-order chi connectivity index (χ0) is 14.3. The topological polar surface area (TPSA) is 90.0 Å². The van der Waals surface area contributed by atoms with E-state index in [2.05, 4.69) is 4.98 Å². The van der Waals surface area contributed by atoms with Crippen molar-refractivity contribution < 1.29 is 9.18 Å². The summed E-state index contributed by atoms with van der Waals surface area (Å²) in [5, 5.41) is 0.333. The summed E-state index contributed by atoms with van der Waals surface area (Å²) in [6.07, 6.45) is 1.22. The maximum atomic E-state index is 13.8. The number of fused-ring (bicyclic) bond motifs is 3. The van der Waals surface area contributed by atoms with Gasteiger partial charge in [0.15, 0.2) is 0 Å². The van der Waals surface area contributed by atoms with E-state index < -0.39 is 11.7 Å². The van der Waals surface area contributed by atoms with Crippen LogP contribution in [0.15, 0.2) is 29.3 Å². The van der Waals surface area contributed by atoms with E-state index in [4.69, 9.17) is 5.84 Å². The largest absolute Gasteiger partial charge is 0.293 e. The maximum absolute atomic E-state index is 13.8. The number of nitrogens with one attached hydrogen (secondary N) is 1. The Kier molecular flexibility index (Phi) is 2.96. The van der Waals surface area contributed by atoms with Gasteiger partial charge in [0.25, 0.3) is 11.5 Å². The van der Waals surface area contributed by atoms with E-state index in [9.17, 15) is 14.0 Å². The van der Waals surface area contributed by atoms with Gasteiger partial charge in [-0.05, 0) is 12.1 Å². The van der Waals surface area contributed by atoms with Crippen molar-refractivity contribution in [2.75, 3.05) is 0 Å². The van der Waals surface area contributed by atoms with Gasteiger partial charge >= 0.3 is 0 Å². The number of hydrogen-bond donors (Lipinski definition) is 2. The number of aromatic nitrogens is 2. The van der Waals surface area contributed by atoms with Gasteiger partial charge in [0, 0.05) is 4.70 Å². The number of rotatable bonds is 2. The predicted molar refractivity (Wildman–Crippen MR) is 73.7 cm³/mol. The summed E-state index contributed by atoms with van der Waals surface area (Å²) in [5.41, 5.74) is 1.87. The van der Waals surface area contributed by atoms with E-state index in [1.165, 1.54) is 12.4 Å². The minimum absolute atomic E-state index is 0.227. The average molecular weight is 292 g/mol. The van der Waals surface area contributed by atoms with E-state index in [-0.39, 0.29) is 12.1 Å². The fourth-order valence-electron chi connectivity index (χ4n) is 1.98. The van der Waals surface area contributed by atoms with Crippen LogP contribution in [0, 0.1) is 5.82 Å². The minimum Gasteiger partial charge on any atom is -0.293 e. The Bertz CT molecular complexity index is 886. The molecule has 1 amide bonds. The highest BCUT2D eigenvalue weighted by Crippen LogP contribution is 2.31. The van der Waals surface area contributed by atoms with Crippen LogP contribution < -0.4 is 16.8 Å². The fourth-order valence-corrected chi connectivity index (χ4v) is 3.10. The second-order valence-electron chi connectivity index (χ2n) is 4.14. The zero-order valence-electron chi connectivity index (χ0n) is 10.1. The summed E-state index contributed by atoms with van der Waals surface area (Å²) >= 11 is 1.15. The number of nitrogens with zero attached hydrogens (tertiary/aromatic N) is 2. The van der Waals surface area contributed by atoms with Gasteiger partial charge in [0.05, 0.1) is 17.2 Å². The molecule has 0 aliphatic heterocycles. The van der Waals surface area contributed by atoms with E-state index in [1.54, 1.807) is 12.1 Å². The monoisotopic (exact) mass is 292 g/mol. The Morgan fingerprint density at radius 1 is 1.50 bits per heavy atom. The van der Waals surface area contributed by atoms with Gasteiger partial charge in [-0.1, -0.05) is 6.07 Å². The third-order valence-electron chi connectivity index (χ3n) is 2.90. The van der Waals surface area contributed by atoms with Gasteiger partial charge in [0.2, 0.25) is 0 Å². The van der Waals surface area contributed by atoms with E-state index >= 15 is 0 Å². The number of carbonyl (C=O) groups excluding carboxylic acids is 1. The van der Waals surface area contributed by atoms with Crippen molar-refractivity contribution in [1.82, 2.24) is 15.0 Å². The lowest BCUT2D eigenvalue weighted by atomic mass is 10.2. The molecule has 2 aromatic heterocycles. The van der Waals surface area contributed by atoms with Gasteiger partial charge in [-0.2, -0.15) is 0 Å². The molecular formula is C12H9FN4O2S. The third kappa shape index (κ3) is 1.86. The second-order valence-corrected chi connectivity index (χ2v) is 5.19. The number of amides is 1. The summed E-state index contributed by atoms with van der Waals surface area (Å²) in [6, 6.07) is 4.62. The highest BCUT2D eigenvalue weighted by atomic mass is 32.1. The van der Waals surface area contributed by atoms with Crippen molar-refractivity contribution in [1.29, 1.82) is 0 Å². The molecule has 3 N–H and O–H groups in total. The fraction of sp³-hybridized carbons (Fsp3) is 0.0833. The Morgan fingerprint density at radius 2 is 2.30 bits per heavy atom. The number of thiophene rings is 1. The van der Waals surface area contributed by atoms with E-state index in [1.807, 2.05) is 5.43 Å². The van der Waals surface area contributed by atoms with E-state index in [0.717, 1.165) is 15.9 Å². The molecule has 20 heavy (non-hydrogen) atoms. The molecule has 0 spiro atoms. The molecular weight excluding hydrogens is 283 g/mol. The Morgan fingerprint density at radius 3 is 3.05 bits per heavy atom. The lowest BCUT2D eigenvalue weighted by molar-refractivity contribution is -0.121. The molecule has 0 saturated heterocycles. The number of carbonyl (C=O) groups is 1. The SMILES string of the molecule is NNC(=O)Cn1cnc2c(sc3cccc(F)c32)c1=O. The standard InChI is InChI=1S/C12H9FN4O2S/c13-6-2-1-3-7-9(6)10-11(20-7)12(19)17(5-15-10)4-8(18)16-14/h1-3,5H,4,14H2,(H,16,18). The molecule has 0 atom stereocenters. The van der Waals surface area contributed by atoms with Crippen LogP contribution in [0.25, 0.3) is 20.3 Å². The van der Waals surface area contributed by atoms with Gasteiger partial charge < -0.3 is 0 Å². The summed E-state index contributed by atoms with van der Waals surface area (Å²) < 4.78 is 15.9. The molecule has 2 heterocycles. The van der Waals surface area contributed by atoms with Crippen molar-refractivity contribution in [2.24, 2.45) is 5.84 Å². The summed E-state index contributed by atoms with van der Waals surface area (Å²) in [6.45, 7) is -0.227. The summed E-state index contributed by atoms with van der Waals surface area (Å²) in [4.78, 5) is 27.6. The van der Waals surface area contributed by atoms with Gasteiger partial charge in [-0.15, -0.1) is 11.3 Å². The molecule has 0 radical (unpaired) electrons. The Balaban J connectivity index is 2.29. The predicted octanol–water partition coefficient (Wildman–Crippen LogP) is 0.740. The first-order valence-corrected chi connectivity index (χ1v) is 6.49.